The normalized spacial score (nSPS) is 10.8. The Bertz CT molecular complexity index is 478. The molecule has 2 heterocycles. The van der Waals surface area contributed by atoms with Gasteiger partial charge >= 0.3 is 0 Å². The lowest BCUT2D eigenvalue weighted by Crippen LogP contribution is -1.96. The van der Waals surface area contributed by atoms with Gasteiger partial charge in [-0.3, -0.25) is 4.98 Å². The molecule has 0 saturated heterocycles. The van der Waals surface area contributed by atoms with Crippen LogP contribution in [0.1, 0.15) is 31.2 Å². The van der Waals surface area contributed by atoms with Crippen LogP contribution < -0.4 is 0 Å². The van der Waals surface area contributed by atoms with E-state index in [9.17, 15) is 0 Å². The van der Waals surface area contributed by atoms with E-state index in [2.05, 4.69) is 40.9 Å². The van der Waals surface area contributed by atoms with Crippen LogP contribution in [0.15, 0.2) is 30.9 Å². The Labute approximate surface area is 95.6 Å². The zero-order valence-corrected chi connectivity index (χ0v) is 9.81. The van der Waals surface area contributed by atoms with Crippen LogP contribution in [-0.4, -0.2) is 15.0 Å². The number of rotatable bonds is 2. The SMILES string of the molecule is Cc1nc(C(C)C)ccc1-c1cncnc1. The Balaban J connectivity index is 2.45. The van der Waals surface area contributed by atoms with E-state index in [0.29, 0.717) is 5.92 Å². The van der Waals surface area contributed by atoms with Crippen LogP contribution in [0.4, 0.5) is 0 Å². The summed E-state index contributed by atoms with van der Waals surface area (Å²) >= 11 is 0. The summed E-state index contributed by atoms with van der Waals surface area (Å²) in [6, 6.07) is 4.16. The fourth-order valence-electron chi connectivity index (χ4n) is 1.65. The molecule has 3 heteroatoms. The van der Waals surface area contributed by atoms with Gasteiger partial charge in [0.05, 0.1) is 0 Å². The summed E-state index contributed by atoms with van der Waals surface area (Å²) in [4.78, 5) is 12.6. The van der Waals surface area contributed by atoms with Crippen molar-refractivity contribution >= 4 is 0 Å². The second kappa shape index (κ2) is 4.39. The Kier molecular flexibility index (Phi) is 2.95. The quantitative estimate of drug-likeness (QED) is 0.769. The molecule has 0 spiro atoms. The van der Waals surface area contributed by atoms with E-state index >= 15 is 0 Å². The molecule has 0 aliphatic heterocycles. The van der Waals surface area contributed by atoms with Crippen molar-refractivity contribution in [2.24, 2.45) is 0 Å². The van der Waals surface area contributed by atoms with Gasteiger partial charge in [-0.25, -0.2) is 9.97 Å². The summed E-state index contributed by atoms with van der Waals surface area (Å²) in [7, 11) is 0. The Morgan fingerprint density at radius 1 is 1.06 bits per heavy atom. The largest absolute Gasteiger partial charge is 0.257 e. The first-order valence-corrected chi connectivity index (χ1v) is 5.41. The molecular weight excluding hydrogens is 198 g/mol. The zero-order chi connectivity index (χ0) is 11.5. The maximum absolute atomic E-state index is 4.59. The minimum atomic E-state index is 0.458. The van der Waals surface area contributed by atoms with Gasteiger partial charge in [0.2, 0.25) is 0 Å². The van der Waals surface area contributed by atoms with E-state index in [0.717, 1.165) is 22.5 Å². The lowest BCUT2D eigenvalue weighted by molar-refractivity contribution is 0.816. The van der Waals surface area contributed by atoms with Crippen LogP contribution in [0.3, 0.4) is 0 Å². The summed E-state index contributed by atoms with van der Waals surface area (Å²) in [5.74, 6) is 0.458. The Hall–Kier alpha value is -1.77. The van der Waals surface area contributed by atoms with Gasteiger partial charge in [-0.2, -0.15) is 0 Å². The molecule has 82 valence electrons. The van der Waals surface area contributed by atoms with E-state index in [1.54, 1.807) is 0 Å². The summed E-state index contributed by atoms with van der Waals surface area (Å²) < 4.78 is 0. The highest BCUT2D eigenvalue weighted by Gasteiger charge is 2.06. The molecule has 2 aromatic rings. The molecule has 0 unspecified atom stereocenters. The van der Waals surface area contributed by atoms with Gasteiger partial charge in [-0.15, -0.1) is 0 Å². The molecule has 0 aliphatic carbocycles. The highest BCUT2D eigenvalue weighted by Crippen LogP contribution is 2.22. The summed E-state index contributed by atoms with van der Waals surface area (Å²) in [5.41, 5.74) is 4.27. The van der Waals surface area contributed by atoms with E-state index in [-0.39, 0.29) is 0 Å². The standard InChI is InChI=1S/C13H15N3/c1-9(2)13-5-4-12(10(3)16-13)11-6-14-8-15-7-11/h4-9H,1-3H3. The summed E-state index contributed by atoms with van der Waals surface area (Å²) in [6.45, 7) is 6.31. The second-order valence-electron chi connectivity index (χ2n) is 4.15. The highest BCUT2D eigenvalue weighted by atomic mass is 14.8. The van der Waals surface area contributed by atoms with Crippen molar-refractivity contribution in [2.45, 2.75) is 26.7 Å². The first-order valence-electron chi connectivity index (χ1n) is 5.41. The molecule has 0 saturated carbocycles. The molecule has 0 radical (unpaired) electrons. The lowest BCUT2D eigenvalue weighted by Gasteiger charge is -2.09. The maximum atomic E-state index is 4.59. The van der Waals surface area contributed by atoms with Gasteiger partial charge in [0, 0.05) is 34.9 Å². The predicted octanol–water partition coefficient (Wildman–Crippen LogP) is 2.97. The van der Waals surface area contributed by atoms with Crippen molar-refractivity contribution in [3.8, 4) is 11.1 Å². The summed E-state index contributed by atoms with van der Waals surface area (Å²) in [5, 5.41) is 0. The molecule has 3 nitrogen and oxygen atoms in total. The fraction of sp³-hybridized carbons (Fsp3) is 0.308. The monoisotopic (exact) mass is 213 g/mol. The molecule has 0 bridgehead atoms. The van der Waals surface area contributed by atoms with E-state index in [4.69, 9.17) is 0 Å². The van der Waals surface area contributed by atoms with Crippen molar-refractivity contribution in [2.75, 3.05) is 0 Å². The molecule has 2 rings (SSSR count). The third kappa shape index (κ3) is 2.08. The van der Waals surface area contributed by atoms with Gasteiger partial charge in [-0.05, 0) is 18.9 Å². The van der Waals surface area contributed by atoms with Crippen molar-refractivity contribution in [3.05, 3.63) is 42.2 Å². The number of pyridine rings is 1. The van der Waals surface area contributed by atoms with Crippen molar-refractivity contribution < 1.29 is 0 Å². The Morgan fingerprint density at radius 2 is 1.75 bits per heavy atom. The van der Waals surface area contributed by atoms with Crippen LogP contribution in [0.5, 0.6) is 0 Å². The molecule has 0 amide bonds. The number of hydrogen-bond donors (Lipinski definition) is 0. The molecule has 0 N–H and O–H groups in total. The molecule has 0 aliphatic rings. The second-order valence-corrected chi connectivity index (χ2v) is 4.15. The molecule has 0 fully saturated rings. The number of aromatic nitrogens is 3. The van der Waals surface area contributed by atoms with Gasteiger partial charge < -0.3 is 0 Å². The third-order valence-corrected chi connectivity index (χ3v) is 2.57. The van der Waals surface area contributed by atoms with Crippen LogP contribution >= 0.6 is 0 Å². The van der Waals surface area contributed by atoms with Gasteiger partial charge in [0.15, 0.2) is 0 Å². The number of aryl methyl sites for hydroxylation is 1. The average molecular weight is 213 g/mol. The zero-order valence-electron chi connectivity index (χ0n) is 9.81. The smallest absolute Gasteiger partial charge is 0.115 e. The van der Waals surface area contributed by atoms with Crippen molar-refractivity contribution in [3.63, 3.8) is 0 Å². The van der Waals surface area contributed by atoms with Crippen LogP contribution in [0, 0.1) is 6.92 Å². The number of nitrogens with zero attached hydrogens (tertiary/aromatic N) is 3. The maximum Gasteiger partial charge on any atom is 0.115 e. The van der Waals surface area contributed by atoms with Gasteiger partial charge in [0.25, 0.3) is 0 Å². The molecule has 0 aromatic carbocycles. The van der Waals surface area contributed by atoms with E-state index in [1.165, 1.54) is 6.33 Å². The van der Waals surface area contributed by atoms with Crippen molar-refractivity contribution in [1.82, 2.24) is 15.0 Å². The minimum absolute atomic E-state index is 0.458. The topological polar surface area (TPSA) is 38.7 Å². The summed E-state index contributed by atoms with van der Waals surface area (Å²) in [6.07, 6.45) is 5.16. The predicted molar refractivity (Wildman–Crippen MR) is 64.1 cm³/mol. The molecule has 0 atom stereocenters. The first kappa shape index (κ1) is 10.7. The van der Waals surface area contributed by atoms with E-state index < -0.39 is 0 Å². The van der Waals surface area contributed by atoms with Crippen LogP contribution in [0.25, 0.3) is 11.1 Å². The van der Waals surface area contributed by atoms with Crippen LogP contribution in [-0.2, 0) is 0 Å². The highest BCUT2D eigenvalue weighted by molar-refractivity contribution is 5.63. The average Bonchev–Trinajstić information content (AvgIpc) is 2.30. The Morgan fingerprint density at radius 3 is 2.31 bits per heavy atom. The first-order chi connectivity index (χ1) is 7.68. The fourth-order valence-corrected chi connectivity index (χ4v) is 1.65. The van der Waals surface area contributed by atoms with Gasteiger partial charge in [0.1, 0.15) is 6.33 Å². The minimum Gasteiger partial charge on any atom is -0.257 e. The molecule has 16 heavy (non-hydrogen) atoms. The third-order valence-electron chi connectivity index (χ3n) is 2.57. The van der Waals surface area contributed by atoms with E-state index in [1.807, 2.05) is 19.3 Å². The van der Waals surface area contributed by atoms with Crippen LogP contribution in [0.2, 0.25) is 0 Å². The molecule has 2 aromatic heterocycles. The van der Waals surface area contributed by atoms with Gasteiger partial charge in [-0.1, -0.05) is 19.9 Å². The number of hydrogen-bond acceptors (Lipinski definition) is 3. The molecular formula is C13H15N3. The van der Waals surface area contributed by atoms with Crippen molar-refractivity contribution in [1.29, 1.82) is 0 Å². The lowest BCUT2D eigenvalue weighted by atomic mass is 10.0.